The fourth-order valence-corrected chi connectivity index (χ4v) is 1.74. The van der Waals surface area contributed by atoms with Gasteiger partial charge in [0, 0.05) is 5.56 Å². The van der Waals surface area contributed by atoms with Crippen molar-refractivity contribution in [1.82, 2.24) is 0 Å². The molecule has 0 aliphatic carbocycles. The van der Waals surface area contributed by atoms with Crippen molar-refractivity contribution in [3.8, 4) is 5.75 Å². The van der Waals surface area contributed by atoms with Gasteiger partial charge >= 0.3 is 12.1 Å². The molecule has 112 valence electrons. The molecule has 0 saturated carbocycles. The van der Waals surface area contributed by atoms with Crippen LogP contribution in [0.25, 0.3) is 6.08 Å². The quantitative estimate of drug-likeness (QED) is 0.810. The SMILES string of the molecule is Cc1ccc2c(c1)C=C(C(=O)O)C(C(F)(F)F)O2.F.F. The molecule has 0 bridgehead atoms. The maximum absolute atomic E-state index is 12.7. The Hall–Kier alpha value is -2.12. The molecule has 20 heavy (non-hydrogen) atoms. The Labute approximate surface area is 110 Å². The molecule has 1 N–H and O–H groups in total. The number of fused-ring (bicyclic) bond motifs is 1. The molecular weight excluding hydrogens is 287 g/mol. The highest BCUT2D eigenvalue weighted by Crippen LogP contribution is 2.37. The van der Waals surface area contributed by atoms with Gasteiger partial charge in [-0.3, -0.25) is 9.41 Å². The number of carboxylic acid groups (broad SMARTS) is 1. The van der Waals surface area contributed by atoms with Crippen LogP contribution in [-0.4, -0.2) is 23.4 Å². The van der Waals surface area contributed by atoms with Crippen LogP contribution < -0.4 is 4.74 Å². The van der Waals surface area contributed by atoms with Gasteiger partial charge in [0.15, 0.2) is 0 Å². The van der Waals surface area contributed by atoms with Gasteiger partial charge in [0.05, 0.1) is 5.57 Å². The summed E-state index contributed by atoms with van der Waals surface area (Å²) in [6.07, 6.45) is -6.18. The van der Waals surface area contributed by atoms with Gasteiger partial charge in [0.25, 0.3) is 0 Å². The second-order valence-electron chi connectivity index (χ2n) is 3.99. The third-order valence-corrected chi connectivity index (χ3v) is 2.55. The zero-order chi connectivity index (χ0) is 13.5. The molecule has 1 aromatic rings. The zero-order valence-corrected chi connectivity index (χ0v) is 10.1. The van der Waals surface area contributed by atoms with Crippen molar-refractivity contribution in [2.75, 3.05) is 0 Å². The molecule has 1 heterocycles. The molecular formula is C12H11F5O3. The topological polar surface area (TPSA) is 46.5 Å². The summed E-state index contributed by atoms with van der Waals surface area (Å²) in [5.41, 5.74) is 0.345. The molecule has 0 saturated heterocycles. The first-order chi connectivity index (χ1) is 8.29. The van der Waals surface area contributed by atoms with E-state index in [-0.39, 0.29) is 15.2 Å². The molecule has 3 nitrogen and oxygen atoms in total. The molecule has 1 aliphatic rings. The van der Waals surface area contributed by atoms with E-state index in [9.17, 15) is 18.0 Å². The van der Waals surface area contributed by atoms with E-state index in [1.165, 1.54) is 6.07 Å². The zero-order valence-electron chi connectivity index (χ0n) is 10.1. The predicted molar refractivity (Wildman–Crippen MR) is 62.3 cm³/mol. The van der Waals surface area contributed by atoms with Crippen LogP contribution in [0.5, 0.6) is 5.75 Å². The van der Waals surface area contributed by atoms with Crippen LogP contribution in [-0.2, 0) is 4.79 Å². The van der Waals surface area contributed by atoms with Crippen molar-refractivity contribution in [3.05, 3.63) is 34.9 Å². The molecule has 0 fully saturated rings. The highest BCUT2D eigenvalue weighted by molar-refractivity contribution is 5.95. The number of aryl methyl sites for hydroxylation is 1. The van der Waals surface area contributed by atoms with E-state index in [1.807, 2.05) is 0 Å². The number of carbonyl (C=O) groups is 1. The summed E-state index contributed by atoms with van der Waals surface area (Å²) in [6, 6.07) is 4.58. The van der Waals surface area contributed by atoms with E-state index in [4.69, 9.17) is 9.84 Å². The Morgan fingerprint density at radius 1 is 1.30 bits per heavy atom. The fourth-order valence-electron chi connectivity index (χ4n) is 1.74. The third-order valence-electron chi connectivity index (χ3n) is 2.55. The lowest BCUT2D eigenvalue weighted by Gasteiger charge is -2.27. The van der Waals surface area contributed by atoms with Gasteiger partial charge in [-0.05, 0) is 25.1 Å². The average Bonchev–Trinajstić information content (AvgIpc) is 2.25. The Kier molecular flexibility index (Phi) is 5.27. The summed E-state index contributed by atoms with van der Waals surface area (Å²) in [5.74, 6) is -1.60. The first-order valence-corrected chi connectivity index (χ1v) is 5.08. The first-order valence-electron chi connectivity index (χ1n) is 5.08. The Morgan fingerprint density at radius 2 is 1.90 bits per heavy atom. The van der Waals surface area contributed by atoms with E-state index in [0.717, 1.165) is 11.6 Å². The first kappa shape index (κ1) is 17.9. The fraction of sp³-hybridized carbons (Fsp3) is 0.250. The van der Waals surface area contributed by atoms with E-state index in [0.29, 0.717) is 5.56 Å². The number of alkyl halides is 3. The number of carboxylic acids is 1. The number of benzene rings is 1. The van der Waals surface area contributed by atoms with Crippen LogP contribution in [0.1, 0.15) is 11.1 Å². The standard InChI is InChI=1S/C12H9F3O3.2FH/c1-6-2-3-9-7(4-6)5-8(11(16)17)10(18-9)12(13,14)15;;/h2-5,10H,1H3,(H,16,17);2*1H. The summed E-state index contributed by atoms with van der Waals surface area (Å²) >= 11 is 0. The van der Waals surface area contributed by atoms with Crippen molar-refractivity contribution >= 4 is 12.0 Å². The molecule has 1 aromatic carbocycles. The van der Waals surface area contributed by atoms with Gasteiger partial charge in [0.1, 0.15) is 5.75 Å². The Morgan fingerprint density at radius 3 is 2.40 bits per heavy atom. The van der Waals surface area contributed by atoms with Crippen LogP contribution in [0.4, 0.5) is 22.6 Å². The van der Waals surface area contributed by atoms with Gasteiger partial charge in [0.2, 0.25) is 6.10 Å². The van der Waals surface area contributed by atoms with Gasteiger partial charge in [-0.1, -0.05) is 11.6 Å². The lowest BCUT2D eigenvalue weighted by atomic mass is 10.00. The molecule has 0 spiro atoms. The van der Waals surface area contributed by atoms with E-state index in [1.54, 1.807) is 19.1 Å². The van der Waals surface area contributed by atoms with Crippen LogP contribution in [0.3, 0.4) is 0 Å². The predicted octanol–water partition coefficient (Wildman–Crippen LogP) is 3.09. The highest BCUT2D eigenvalue weighted by atomic mass is 19.4. The minimum atomic E-state index is -4.76. The largest absolute Gasteiger partial charge is 0.478 e. The number of hydrogen-bond acceptors (Lipinski definition) is 2. The van der Waals surface area contributed by atoms with Gasteiger partial charge in [-0.25, -0.2) is 4.79 Å². The molecule has 1 unspecified atom stereocenters. The maximum atomic E-state index is 12.7. The molecule has 0 radical (unpaired) electrons. The lowest BCUT2D eigenvalue weighted by molar-refractivity contribution is -0.187. The number of ether oxygens (including phenoxy) is 1. The van der Waals surface area contributed by atoms with Gasteiger partial charge in [-0.15, -0.1) is 0 Å². The van der Waals surface area contributed by atoms with Crippen LogP contribution in [0.15, 0.2) is 23.8 Å². The molecule has 2 rings (SSSR count). The monoisotopic (exact) mass is 298 g/mol. The van der Waals surface area contributed by atoms with Crippen molar-refractivity contribution in [1.29, 1.82) is 0 Å². The number of aliphatic carboxylic acids is 1. The van der Waals surface area contributed by atoms with Crippen molar-refractivity contribution < 1.29 is 37.2 Å². The van der Waals surface area contributed by atoms with E-state index in [2.05, 4.69) is 0 Å². The summed E-state index contributed by atoms with van der Waals surface area (Å²) in [7, 11) is 0. The Bertz CT molecular complexity index is 536. The summed E-state index contributed by atoms with van der Waals surface area (Å²) < 4.78 is 42.8. The third kappa shape index (κ3) is 3.25. The van der Waals surface area contributed by atoms with E-state index < -0.39 is 23.8 Å². The smallest absolute Gasteiger partial charge is 0.430 e. The summed E-state index contributed by atoms with van der Waals surface area (Å²) in [4.78, 5) is 10.9. The molecule has 1 aliphatic heterocycles. The maximum Gasteiger partial charge on any atom is 0.430 e. The number of rotatable bonds is 1. The van der Waals surface area contributed by atoms with Crippen molar-refractivity contribution in [2.45, 2.75) is 19.2 Å². The normalized spacial score (nSPS) is 16.8. The van der Waals surface area contributed by atoms with Crippen molar-refractivity contribution in [3.63, 3.8) is 0 Å². The van der Waals surface area contributed by atoms with Gasteiger partial charge < -0.3 is 9.84 Å². The van der Waals surface area contributed by atoms with E-state index >= 15 is 0 Å². The van der Waals surface area contributed by atoms with Crippen LogP contribution >= 0.6 is 0 Å². The molecule has 8 heteroatoms. The molecule has 0 aromatic heterocycles. The highest BCUT2D eigenvalue weighted by Gasteiger charge is 2.48. The second kappa shape index (κ2) is 5.89. The second-order valence-corrected chi connectivity index (χ2v) is 3.99. The summed E-state index contributed by atoms with van der Waals surface area (Å²) in [6.45, 7) is 1.75. The number of halogens is 5. The number of hydrogen-bond donors (Lipinski definition) is 1. The van der Waals surface area contributed by atoms with Crippen LogP contribution in [0, 0.1) is 6.92 Å². The van der Waals surface area contributed by atoms with Crippen molar-refractivity contribution in [2.24, 2.45) is 0 Å². The average molecular weight is 298 g/mol. The minimum Gasteiger partial charge on any atom is -0.478 e. The minimum absolute atomic E-state index is 0. The Balaban J connectivity index is 0.00000180. The van der Waals surface area contributed by atoms with Gasteiger partial charge in [-0.2, -0.15) is 13.2 Å². The lowest BCUT2D eigenvalue weighted by Crippen LogP contribution is -2.40. The molecule has 0 amide bonds. The van der Waals surface area contributed by atoms with Crippen LogP contribution in [0.2, 0.25) is 0 Å². The summed E-state index contributed by atoms with van der Waals surface area (Å²) in [5, 5.41) is 8.82. The molecule has 1 atom stereocenters.